The Hall–Kier alpha value is -0.770. The van der Waals surface area contributed by atoms with Gasteiger partial charge in [-0.05, 0) is 26.2 Å². The van der Waals surface area contributed by atoms with Gasteiger partial charge in [0.15, 0.2) is 0 Å². The highest BCUT2D eigenvalue weighted by Gasteiger charge is 2.19. The molecule has 0 aromatic rings. The first-order valence-corrected chi connectivity index (χ1v) is 6.70. The van der Waals surface area contributed by atoms with Crippen molar-refractivity contribution >= 4 is 6.03 Å². The predicted octanol–water partition coefficient (Wildman–Crippen LogP) is 2.03. The van der Waals surface area contributed by atoms with Gasteiger partial charge < -0.3 is 15.7 Å². The molecule has 3 N–H and O–H groups in total. The zero-order valence-electron chi connectivity index (χ0n) is 11.1. The van der Waals surface area contributed by atoms with E-state index in [1.165, 1.54) is 32.1 Å². The van der Waals surface area contributed by atoms with Crippen molar-refractivity contribution in [3.05, 3.63) is 0 Å². The zero-order valence-corrected chi connectivity index (χ0v) is 11.1. The monoisotopic (exact) mass is 242 g/mol. The van der Waals surface area contributed by atoms with E-state index in [2.05, 4.69) is 10.6 Å². The fourth-order valence-corrected chi connectivity index (χ4v) is 2.26. The molecule has 4 nitrogen and oxygen atoms in total. The third-order valence-electron chi connectivity index (χ3n) is 3.41. The van der Waals surface area contributed by atoms with Crippen LogP contribution < -0.4 is 10.6 Å². The molecule has 0 spiro atoms. The lowest BCUT2D eigenvalue weighted by atomic mass is 9.87. The van der Waals surface area contributed by atoms with E-state index < -0.39 is 5.54 Å². The summed E-state index contributed by atoms with van der Waals surface area (Å²) in [5.41, 5.74) is -0.547. The van der Waals surface area contributed by atoms with Crippen LogP contribution in [0.5, 0.6) is 0 Å². The molecule has 0 saturated heterocycles. The summed E-state index contributed by atoms with van der Waals surface area (Å²) in [6.45, 7) is 4.28. The van der Waals surface area contributed by atoms with Gasteiger partial charge in [0.25, 0.3) is 0 Å². The topological polar surface area (TPSA) is 61.4 Å². The van der Waals surface area contributed by atoms with Crippen LogP contribution >= 0.6 is 0 Å². The highest BCUT2D eigenvalue weighted by Crippen LogP contribution is 2.25. The van der Waals surface area contributed by atoms with Gasteiger partial charge in [0.2, 0.25) is 0 Å². The molecule has 1 fully saturated rings. The van der Waals surface area contributed by atoms with Gasteiger partial charge in [-0.2, -0.15) is 0 Å². The molecule has 0 unspecified atom stereocenters. The summed E-state index contributed by atoms with van der Waals surface area (Å²) in [4.78, 5) is 11.5. The van der Waals surface area contributed by atoms with E-state index in [0.717, 1.165) is 18.9 Å². The number of urea groups is 1. The van der Waals surface area contributed by atoms with Crippen molar-refractivity contribution in [2.45, 2.75) is 57.9 Å². The van der Waals surface area contributed by atoms with Crippen molar-refractivity contribution < 1.29 is 9.90 Å². The van der Waals surface area contributed by atoms with Gasteiger partial charge in [-0.15, -0.1) is 0 Å². The molecule has 1 aliphatic carbocycles. The van der Waals surface area contributed by atoms with E-state index in [0.29, 0.717) is 0 Å². The minimum absolute atomic E-state index is 0.0525. The number of amides is 2. The van der Waals surface area contributed by atoms with Crippen LogP contribution in [0.1, 0.15) is 52.4 Å². The van der Waals surface area contributed by atoms with Crippen LogP contribution in [0.3, 0.4) is 0 Å². The molecule has 0 bridgehead atoms. The molecule has 17 heavy (non-hydrogen) atoms. The van der Waals surface area contributed by atoms with E-state index >= 15 is 0 Å². The Kier molecular flexibility index (Phi) is 5.75. The molecule has 0 aromatic heterocycles. The van der Waals surface area contributed by atoms with E-state index in [4.69, 9.17) is 5.11 Å². The van der Waals surface area contributed by atoms with Crippen LogP contribution in [0, 0.1) is 5.92 Å². The smallest absolute Gasteiger partial charge is 0.315 e. The first-order chi connectivity index (χ1) is 8.03. The first-order valence-electron chi connectivity index (χ1n) is 6.70. The molecule has 2 amide bonds. The van der Waals surface area contributed by atoms with E-state index in [-0.39, 0.29) is 12.6 Å². The standard InChI is InChI=1S/C13H26N2O2/c1-13(2,10-16)15-12(17)14-9-8-11-6-4-3-5-7-11/h11,16H,3-10H2,1-2H3,(H2,14,15,17). The number of carbonyl (C=O) groups excluding carboxylic acids is 1. The predicted molar refractivity (Wildman–Crippen MR) is 68.9 cm³/mol. The second-order valence-corrected chi connectivity index (χ2v) is 5.72. The lowest BCUT2D eigenvalue weighted by Crippen LogP contribution is -2.50. The molecule has 0 radical (unpaired) electrons. The van der Waals surface area contributed by atoms with Gasteiger partial charge >= 0.3 is 6.03 Å². The van der Waals surface area contributed by atoms with E-state index in [9.17, 15) is 4.79 Å². The van der Waals surface area contributed by atoms with Crippen LogP contribution in [0.25, 0.3) is 0 Å². The second kappa shape index (κ2) is 6.84. The van der Waals surface area contributed by atoms with Gasteiger partial charge in [0, 0.05) is 6.54 Å². The van der Waals surface area contributed by atoms with Gasteiger partial charge in [-0.1, -0.05) is 32.1 Å². The summed E-state index contributed by atoms with van der Waals surface area (Å²) < 4.78 is 0. The molecule has 1 rings (SSSR count). The molecular formula is C13H26N2O2. The van der Waals surface area contributed by atoms with Gasteiger partial charge in [0.05, 0.1) is 12.1 Å². The number of rotatable bonds is 5. The second-order valence-electron chi connectivity index (χ2n) is 5.72. The first kappa shape index (κ1) is 14.3. The van der Waals surface area contributed by atoms with Gasteiger partial charge in [-0.25, -0.2) is 4.79 Å². The lowest BCUT2D eigenvalue weighted by molar-refractivity contribution is 0.181. The van der Waals surface area contributed by atoms with Crippen molar-refractivity contribution in [2.75, 3.05) is 13.2 Å². The molecule has 0 atom stereocenters. The minimum Gasteiger partial charge on any atom is -0.394 e. The Morgan fingerprint density at radius 1 is 1.29 bits per heavy atom. The van der Waals surface area contributed by atoms with Crippen LogP contribution in [-0.2, 0) is 0 Å². The van der Waals surface area contributed by atoms with Crippen LogP contribution in [0.4, 0.5) is 4.79 Å². The highest BCUT2D eigenvalue weighted by molar-refractivity contribution is 5.74. The van der Waals surface area contributed by atoms with Crippen LogP contribution in [-0.4, -0.2) is 29.8 Å². The number of hydrogen-bond donors (Lipinski definition) is 3. The summed E-state index contributed by atoms with van der Waals surface area (Å²) >= 11 is 0. The maximum absolute atomic E-state index is 11.5. The quantitative estimate of drug-likeness (QED) is 0.691. The summed E-state index contributed by atoms with van der Waals surface area (Å²) in [6.07, 6.45) is 7.75. The highest BCUT2D eigenvalue weighted by atomic mass is 16.3. The Morgan fingerprint density at radius 3 is 2.53 bits per heavy atom. The van der Waals surface area contributed by atoms with Crippen LogP contribution in [0.15, 0.2) is 0 Å². The molecule has 0 heterocycles. The molecule has 0 aromatic carbocycles. The summed E-state index contributed by atoms with van der Waals surface area (Å²) in [6, 6.07) is -0.181. The average Bonchev–Trinajstić information content (AvgIpc) is 2.30. The molecular weight excluding hydrogens is 216 g/mol. The van der Waals surface area contributed by atoms with Crippen molar-refractivity contribution in [1.82, 2.24) is 10.6 Å². The summed E-state index contributed by atoms with van der Waals surface area (Å²) in [7, 11) is 0. The van der Waals surface area contributed by atoms with Gasteiger partial charge in [0.1, 0.15) is 0 Å². The normalized spacial score (nSPS) is 17.8. The summed E-state index contributed by atoms with van der Waals surface area (Å²) in [5, 5.41) is 14.6. The molecule has 1 aliphatic rings. The minimum atomic E-state index is -0.547. The number of carbonyl (C=O) groups is 1. The average molecular weight is 242 g/mol. The number of aliphatic hydroxyl groups is 1. The third-order valence-corrected chi connectivity index (χ3v) is 3.41. The Morgan fingerprint density at radius 2 is 1.94 bits per heavy atom. The number of nitrogens with one attached hydrogen (secondary N) is 2. The SMILES string of the molecule is CC(C)(CO)NC(=O)NCCC1CCCCC1. The third kappa shape index (κ3) is 5.91. The van der Waals surface area contributed by atoms with Crippen molar-refractivity contribution in [1.29, 1.82) is 0 Å². The van der Waals surface area contributed by atoms with E-state index in [1.807, 2.05) is 0 Å². The number of aliphatic hydroxyl groups excluding tert-OH is 1. The Labute approximate surface area is 104 Å². The largest absolute Gasteiger partial charge is 0.394 e. The van der Waals surface area contributed by atoms with Crippen molar-refractivity contribution in [2.24, 2.45) is 5.92 Å². The maximum atomic E-state index is 11.5. The molecule has 0 aliphatic heterocycles. The molecule has 1 saturated carbocycles. The fourth-order valence-electron chi connectivity index (χ4n) is 2.26. The van der Waals surface area contributed by atoms with Crippen molar-refractivity contribution in [3.8, 4) is 0 Å². The maximum Gasteiger partial charge on any atom is 0.315 e. The molecule has 100 valence electrons. The zero-order chi connectivity index (χ0) is 12.7. The summed E-state index contributed by atoms with van der Waals surface area (Å²) in [5.74, 6) is 0.787. The van der Waals surface area contributed by atoms with E-state index in [1.54, 1.807) is 13.8 Å². The van der Waals surface area contributed by atoms with Crippen molar-refractivity contribution in [3.63, 3.8) is 0 Å². The Balaban J connectivity index is 2.11. The van der Waals surface area contributed by atoms with Gasteiger partial charge in [-0.3, -0.25) is 0 Å². The van der Waals surface area contributed by atoms with Crippen LogP contribution in [0.2, 0.25) is 0 Å². The molecule has 4 heteroatoms. The fraction of sp³-hybridized carbons (Fsp3) is 0.923. The number of hydrogen-bond acceptors (Lipinski definition) is 2. The Bertz CT molecular complexity index is 236. The lowest BCUT2D eigenvalue weighted by Gasteiger charge is -2.25.